The standard InChI is InChI=1S/C17H12N4O4/c22-16-9-14(13-6-1-2-7-15(13)19-16)17(23)20-18-10-11-4-3-5-12(8-11)21(24)25/h1-10H,(H,19,22)(H,20,23)/b18-10-. The molecule has 3 aromatic rings. The number of nitrogens with zero attached hydrogens (tertiary/aromatic N) is 2. The minimum atomic E-state index is -0.552. The van der Waals surface area contributed by atoms with E-state index >= 15 is 0 Å². The molecule has 0 radical (unpaired) electrons. The minimum absolute atomic E-state index is 0.0733. The molecule has 0 aliphatic heterocycles. The lowest BCUT2D eigenvalue weighted by molar-refractivity contribution is -0.384. The summed E-state index contributed by atoms with van der Waals surface area (Å²) in [5.74, 6) is -0.552. The lowest BCUT2D eigenvalue weighted by atomic mass is 10.1. The number of benzene rings is 2. The molecular formula is C17H12N4O4. The van der Waals surface area contributed by atoms with Crippen molar-refractivity contribution in [3.05, 3.63) is 86.2 Å². The normalized spacial score (nSPS) is 10.9. The third kappa shape index (κ3) is 3.58. The van der Waals surface area contributed by atoms with Crippen LogP contribution in [0.3, 0.4) is 0 Å². The predicted octanol–water partition coefficient (Wildman–Crippen LogP) is 2.20. The molecule has 1 amide bonds. The van der Waals surface area contributed by atoms with Crippen molar-refractivity contribution in [2.75, 3.05) is 0 Å². The highest BCUT2D eigenvalue weighted by atomic mass is 16.6. The topological polar surface area (TPSA) is 117 Å². The number of carbonyl (C=O) groups excluding carboxylic acids is 1. The van der Waals surface area contributed by atoms with Gasteiger partial charge in [0.25, 0.3) is 11.6 Å². The highest BCUT2D eigenvalue weighted by Gasteiger charge is 2.11. The van der Waals surface area contributed by atoms with E-state index in [1.165, 1.54) is 30.5 Å². The van der Waals surface area contributed by atoms with Crippen LogP contribution in [0.1, 0.15) is 15.9 Å². The Hall–Kier alpha value is -3.81. The number of pyridine rings is 1. The van der Waals surface area contributed by atoms with E-state index in [9.17, 15) is 19.7 Å². The largest absolute Gasteiger partial charge is 0.322 e. The Bertz CT molecular complexity index is 1060. The first-order valence-corrected chi connectivity index (χ1v) is 7.24. The lowest BCUT2D eigenvalue weighted by Gasteiger charge is -2.04. The van der Waals surface area contributed by atoms with Gasteiger partial charge < -0.3 is 4.98 Å². The number of non-ortho nitro benzene ring substituents is 1. The molecular weight excluding hydrogens is 324 g/mol. The second-order valence-corrected chi connectivity index (χ2v) is 5.14. The second-order valence-electron chi connectivity index (χ2n) is 5.14. The molecule has 0 aliphatic carbocycles. The van der Waals surface area contributed by atoms with Gasteiger partial charge in [0, 0.05) is 34.7 Å². The second kappa shape index (κ2) is 6.75. The molecule has 0 saturated carbocycles. The molecule has 25 heavy (non-hydrogen) atoms. The van der Waals surface area contributed by atoms with Crippen molar-refractivity contribution >= 4 is 28.7 Å². The fourth-order valence-corrected chi connectivity index (χ4v) is 2.34. The third-order valence-corrected chi connectivity index (χ3v) is 3.46. The Kier molecular flexibility index (Phi) is 4.34. The Morgan fingerprint density at radius 3 is 2.76 bits per heavy atom. The van der Waals surface area contributed by atoms with Crippen molar-refractivity contribution in [3.8, 4) is 0 Å². The molecule has 8 nitrogen and oxygen atoms in total. The molecule has 1 aromatic heterocycles. The number of hydrazone groups is 1. The van der Waals surface area contributed by atoms with Gasteiger partial charge >= 0.3 is 0 Å². The van der Waals surface area contributed by atoms with Crippen LogP contribution in [0.25, 0.3) is 10.9 Å². The first kappa shape index (κ1) is 16.1. The Balaban J connectivity index is 1.83. The number of aromatic amines is 1. The van der Waals surface area contributed by atoms with E-state index < -0.39 is 16.4 Å². The van der Waals surface area contributed by atoms with Gasteiger partial charge in [-0.1, -0.05) is 30.3 Å². The van der Waals surface area contributed by atoms with E-state index in [1.54, 1.807) is 30.3 Å². The lowest BCUT2D eigenvalue weighted by Crippen LogP contribution is -2.20. The van der Waals surface area contributed by atoms with Gasteiger partial charge in [0.1, 0.15) is 0 Å². The Morgan fingerprint density at radius 1 is 1.16 bits per heavy atom. The Labute approximate surface area is 141 Å². The van der Waals surface area contributed by atoms with Crippen LogP contribution in [0.15, 0.2) is 64.5 Å². The van der Waals surface area contributed by atoms with Crippen LogP contribution in [0.5, 0.6) is 0 Å². The van der Waals surface area contributed by atoms with Gasteiger partial charge in [0.15, 0.2) is 0 Å². The number of aromatic nitrogens is 1. The maximum atomic E-state index is 12.3. The molecule has 0 saturated heterocycles. The number of para-hydroxylation sites is 1. The monoisotopic (exact) mass is 336 g/mol. The third-order valence-electron chi connectivity index (χ3n) is 3.46. The number of rotatable bonds is 4. The average Bonchev–Trinajstić information content (AvgIpc) is 2.61. The van der Waals surface area contributed by atoms with E-state index in [4.69, 9.17) is 0 Å². The summed E-state index contributed by atoms with van der Waals surface area (Å²) >= 11 is 0. The molecule has 8 heteroatoms. The summed E-state index contributed by atoms with van der Waals surface area (Å²) in [4.78, 5) is 36.8. The number of carbonyl (C=O) groups is 1. The zero-order valence-electron chi connectivity index (χ0n) is 12.8. The smallest absolute Gasteiger partial charge is 0.272 e. The molecule has 0 fully saturated rings. The number of hydrogen-bond acceptors (Lipinski definition) is 5. The van der Waals surface area contributed by atoms with Crippen LogP contribution in [-0.2, 0) is 0 Å². The van der Waals surface area contributed by atoms with Gasteiger partial charge in [0.05, 0.1) is 16.7 Å². The quantitative estimate of drug-likeness (QED) is 0.431. The first-order chi connectivity index (χ1) is 12.0. The zero-order chi connectivity index (χ0) is 17.8. The maximum Gasteiger partial charge on any atom is 0.272 e. The molecule has 3 rings (SSSR count). The molecule has 0 spiro atoms. The zero-order valence-corrected chi connectivity index (χ0v) is 12.8. The van der Waals surface area contributed by atoms with E-state index in [1.807, 2.05) is 0 Å². The van der Waals surface area contributed by atoms with Gasteiger partial charge in [-0.25, -0.2) is 5.43 Å². The van der Waals surface area contributed by atoms with Gasteiger partial charge in [-0.05, 0) is 6.07 Å². The summed E-state index contributed by atoms with van der Waals surface area (Å²) in [6.07, 6.45) is 1.29. The number of hydrogen-bond donors (Lipinski definition) is 2. The van der Waals surface area contributed by atoms with Crippen molar-refractivity contribution in [1.29, 1.82) is 0 Å². The number of nitrogens with one attached hydrogen (secondary N) is 2. The summed E-state index contributed by atoms with van der Waals surface area (Å²) in [5.41, 5.74) is 3.05. The van der Waals surface area contributed by atoms with Gasteiger partial charge in [0.2, 0.25) is 5.56 Å². The van der Waals surface area contributed by atoms with Crippen LogP contribution >= 0.6 is 0 Å². The summed E-state index contributed by atoms with van der Waals surface area (Å²) in [6, 6.07) is 13.9. The summed E-state index contributed by atoms with van der Waals surface area (Å²) < 4.78 is 0. The molecule has 124 valence electrons. The molecule has 0 aliphatic rings. The van der Waals surface area contributed by atoms with Crippen LogP contribution < -0.4 is 11.0 Å². The van der Waals surface area contributed by atoms with Crippen LogP contribution in [0.4, 0.5) is 5.69 Å². The fraction of sp³-hybridized carbons (Fsp3) is 0. The SMILES string of the molecule is O=C(N/N=C\c1cccc([N+](=O)[O-])c1)c1cc(=O)[nH]c2ccccc12. The molecule has 2 aromatic carbocycles. The van der Waals surface area contributed by atoms with Gasteiger partial charge in [-0.3, -0.25) is 19.7 Å². The van der Waals surface area contributed by atoms with Crippen molar-refractivity contribution in [2.24, 2.45) is 5.10 Å². The number of amides is 1. The van der Waals surface area contributed by atoms with E-state index in [0.717, 1.165) is 0 Å². The summed E-state index contributed by atoms with van der Waals surface area (Å²) in [7, 11) is 0. The molecule has 0 unspecified atom stereocenters. The van der Waals surface area contributed by atoms with Gasteiger partial charge in [-0.2, -0.15) is 5.10 Å². The number of nitro groups is 1. The highest BCUT2D eigenvalue weighted by Crippen LogP contribution is 2.14. The van der Waals surface area contributed by atoms with Crippen LogP contribution in [0, 0.1) is 10.1 Å². The predicted molar refractivity (Wildman–Crippen MR) is 92.7 cm³/mol. The van der Waals surface area contributed by atoms with E-state index in [-0.39, 0.29) is 11.3 Å². The van der Waals surface area contributed by atoms with Gasteiger partial charge in [-0.15, -0.1) is 0 Å². The van der Waals surface area contributed by atoms with Crippen molar-refractivity contribution in [1.82, 2.24) is 10.4 Å². The van der Waals surface area contributed by atoms with Crippen molar-refractivity contribution in [3.63, 3.8) is 0 Å². The molecule has 0 bridgehead atoms. The number of nitro benzene ring substituents is 1. The van der Waals surface area contributed by atoms with Crippen LogP contribution in [0.2, 0.25) is 0 Å². The van der Waals surface area contributed by atoms with Crippen molar-refractivity contribution in [2.45, 2.75) is 0 Å². The van der Waals surface area contributed by atoms with Crippen LogP contribution in [-0.4, -0.2) is 22.0 Å². The Morgan fingerprint density at radius 2 is 1.96 bits per heavy atom. The fourth-order valence-electron chi connectivity index (χ4n) is 2.34. The number of fused-ring (bicyclic) bond motifs is 1. The average molecular weight is 336 g/mol. The molecule has 2 N–H and O–H groups in total. The highest BCUT2D eigenvalue weighted by molar-refractivity contribution is 6.06. The maximum absolute atomic E-state index is 12.3. The molecule has 1 heterocycles. The van der Waals surface area contributed by atoms with E-state index in [0.29, 0.717) is 16.5 Å². The minimum Gasteiger partial charge on any atom is -0.322 e. The summed E-state index contributed by atoms with van der Waals surface area (Å²) in [6.45, 7) is 0. The van der Waals surface area contributed by atoms with E-state index in [2.05, 4.69) is 15.5 Å². The van der Waals surface area contributed by atoms with Crippen molar-refractivity contribution < 1.29 is 9.72 Å². The molecule has 0 atom stereocenters. The summed E-state index contributed by atoms with van der Waals surface area (Å²) in [5, 5.41) is 15.1. The first-order valence-electron chi connectivity index (χ1n) is 7.24. The number of H-pyrrole nitrogens is 1.